The molecule has 0 bridgehead atoms. The van der Waals surface area contributed by atoms with Crippen LogP contribution in [0.4, 0.5) is 34.1 Å². The fourth-order valence-electron chi connectivity index (χ4n) is 15.0. The molecule has 0 fully saturated rings. The maximum absolute atomic E-state index is 5.12. The zero-order chi connectivity index (χ0) is 69.7. The molecule has 7 heteroatoms. The van der Waals surface area contributed by atoms with Crippen LogP contribution in [0.25, 0.3) is 137 Å². The standard InChI is InChI=1S/C53H34N2.C44H32N2.BHNP/c1-2-16-44(17-3-1)55-50-21-11-10-20-49(50)54-53(55)38-26-22-37(23-27-38)41-30-31-47-48(34-41)52(43-29-25-36-13-5-7-15-40(36)33-43)46-19-9-8-18-45(46)51(47)42-28-24-35-12-4-6-14-39(35)32-42;1-3-17-37(18-4-1)45(43-23-11-15-35-13-7-9-21-41(35)43)39-29-25-33(26-30-39)34-27-31-40(32-28-34)46(38-19-5-2-6-20-38)44-24-12-16-36-14-8-10-22-42(36)44;1-2-3/h1-34H;1-32H;3H. The van der Waals surface area contributed by atoms with Gasteiger partial charge in [0.05, 0.1) is 22.4 Å². The molecule has 0 spiro atoms. The van der Waals surface area contributed by atoms with Crippen LogP contribution >= 0.6 is 9.03 Å². The van der Waals surface area contributed by atoms with Gasteiger partial charge < -0.3 is 14.5 Å². The lowest BCUT2D eigenvalue weighted by molar-refractivity contribution is 1.10. The van der Waals surface area contributed by atoms with E-state index in [1.165, 1.54) is 104 Å². The first-order valence-corrected chi connectivity index (χ1v) is 35.5. The van der Waals surface area contributed by atoms with Crippen LogP contribution in [0.1, 0.15) is 0 Å². The first kappa shape index (κ1) is 64.2. The predicted molar refractivity (Wildman–Crippen MR) is 446 cm³/mol. The van der Waals surface area contributed by atoms with Crippen molar-refractivity contribution in [3.63, 3.8) is 0 Å². The molecule has 0 aliphatic heterocycles. The maximum atomic E-state index is 5.12. The van der Waals surface area contributed by atoms with E-state index in [1.54, 1.807) is 0 Å². The van der Waals surface area contributed by atoms with Gasteiger partial charge in [0.25, 0.3) is 7.98 Å². The van der Waals surface area contributed by atoms with E-state index < -0.39 is 0 Å². The van der Waals surface area contributed by atoms with Crippen molar-refractivity contribution < 1.29 is 0 Å². The number of hydrogen-bond acceptors (Lipinski definition) is 4. The SMILES string of the molecule is [B]N=P.c1ccc(-n2c(-c3ccc(-c4ccc5c(-c6ccc7ccccc7c6)c6ccccc6c(-c6ccc7ccccc7c6)c5c4)cc3)nc3ccccc32)cc1.c1ccc(N(c2ccc(-c3ccc(N(c4ccccc4)c4cccc5ccccc45)cc3)cc2)c2cccc3ccccc23)cc1. The summed E-state index contributed by atoms with van der Waals surface area (Å²) in [5.74, 6) is 0.933. The van der Waals surface area contributed by atoms with E-state index in [0.717, 1.165) is 67.8 Å². The van der Waals surface area contributed by atoms with Gasteiger partial charge in [0.15, 0.2) is 0 Å². The Morgan fingerprint density at radius 2 is 0.606 bits per heavy atom. The van der Waals surface area contributed by atoms with Crippen molar-refractivity contribution >= 4 is 127 Å². The first-order chi connectivity index (χ1) is 51.5. The number of rotatable bonds is 12. The Morgan fingerprint density at radius 1 is 0.260 bits per heavy atom. The molecule has 5 nitrogen and oxygen atoms in total. The molecule has 488 valence electrons. The molecule has 1 aromatic heterocycles. The highest BCUT2D eigenvalue weighted by Gasteiger charge is 2.22. The van der Waals surface area contributed by atoms with Crippen LogP contribution in [0.15, 0.2) is 405 Å². The highest BCUT2D eigenvalue weighted by atomic mass is 31.0. The van der Waals surface area contributed by atoms with Crippen LogP contribution in [-0.2, 0) is 0 Å². The van der Waals surface area contributed by atoms with E-state index in [4.69, 9.17) is 4.98 Å². The molecule has 19 rings (SSSR count). The van der Waals surface area contributed by atoms with Gasteiger partial charge in [-0.05, 0) is 211 Å². The second-order valence-electron chi connectivity index (χ2n) is 25.9. The van der Waals surface area contributed by atoms with Gasteiger partial charge in [-0.3, -0.25) is 4.57 Å². The molecule has 0 unspecified atom stereocenters. The summed E-state index contributed by atoms with van der Waals surface area (Å²) in [5, 5.41) is 14.9. The Bertz CT molecular complexity index is 6150. The molecular formula is C97H67BN5P. The molecule has 0 saturated heterocycles. The Morgan fingerprint density at radius 3 is 1.12 bits per heavy atom. The van der Waals surface area contributed by atoms with E-state index in [1.807, 2.05) is 0 Å². The average Bonchev–Trinajstić information content (AvgIpc) is 0.870. The summed E-state index contributed by atoms with van der Waals surface area (Å²) >= 11 is 0. The molecular weight excluding hydrogens is 1280 g/mol. The van der Waals surface area contributed by atoms with Gasteiger partial charge in [0.2, 0.25) is 0 Å². The molecule has 0 saturated carbocycles. The third-order valence-electron chi connectivity index (χ3n) is 19.8. The zero-order valence-electron chi connectivity index (χ0n) is 56.9. The normalized spacial score (nSPS) is 11.2. The molecule has 19 aromatic rings. The number of hydrogen-bond donors (Lipinski definition) is 0. The number of aromatic nitrogens is 2. The molecule has 0 N–H and O–H groups in total. The Hall–Kier alpha value is -13.2. The summed E-state index contributed by atoms with van der Waals surface area (Å²) in [5.41, 5.74) is 20.7. The number of anilines is 6. The monoisotopic (exact) mass is 1340 g/mol. The van der Waals surface area contributed by atoms with Gasteiger partial charge in [-0.2, -0.15) is 0 Å². The number of benzene rings is 18. The minimum absolute atomic E-state index is 0.933. The van der Waals surface area contributed by atoms with Gasteiger partial charge in [-0.15, -0.1) is 0 Å². The van der Waals surface area contributed by atoms with Gasteiger partial charge in [0.1, 0.15) is 5.82 Å². The van der Waals surface area contributed by atoms with Crippen LogP contribution in [0, 0.1) is 0 Å². The van der Waals surface area contributed by atoms with Crippen LogP contribution in [-0.4, -0.2) is 17.5 Å². The van der Waals surface area contributed by atoms with E-state index >= 15 is 0 Å². The van der Waals surface area contributed by atoms with Gasteiger partial charge in [-0.25, -0.2) is 4.98 Å². The smallest absolute Gasteiger partial charge is 0.265 e. The molecule has 0 aliphatic rings. The maximum Gasteiger partial charge on any atom is 0.265 e. The minimum Gasteiger partial charge on any atom is -0.344 e. The van der Waals surface area contributed by atoms with E-state index in [2.05, 4.69) is 436 Å². The van der Waals surface area contributed by atoms with Gasteiger partial charge in [0, 0.05) is 44.8 Å². The zero-order valence-corrected chi connectivity index (χ0v) is 57.9. The van der Waals surface area contributed by atoms with Gasteiger partial charge in [-0.1, -0.05) is 297 Å². The number of nitrogens with zero attached hydrogens (tertiary/aromatic N) is 5. The fourth-order valence-corrected chi connectivity index (χ4v) is 15.0. The van der Waals surface area contributed by atoms with Crippen LogP contribution in [0.2, 0.25) is 0 Å². The summed E-state index contributed by atoms with van der Waals surface area (Å²) in [6.45, 7) is 0. The topological polar surface area (TPSA) is 36.7 Å². The second kappa shape index (κ2) is 28.8. The van der Waals surface area contributed by atoms with Crippen molar-refractivity contribution in [3.05, 3.63) is 400 Å². The molecule has 0 amide bonds. The summed E-state index contributed by atoms with van der Waals surface area (Å²) < 4.78 is 5.07. The molecule has 1 heterocycles. The van der Waals surface area contributed by atoms with Crippen LogP contribution in [0.5, 0.6) is 0 Å². The lowest BCUT2D eigenvalue weighted by atomic mass is 9.84. The van der Waals surface area contributed by atoms with E-state index in [0.29, 0.717) is 0 Å². The van der Waals surface area contributed by atoms with Crippen molar-refractivity contribution in [1.82, 2.24) is 9.55 Å². The summed E-state index contributed by atoms with van der Waals surface area (Å²) in [6.07, 6.45) is 0. The Kier molecular flexibility index (Phi) is 17.7. The molecule has 104 heavy (non-hydrogen) atoms. The number of imidazole rings is 1. The highest BCUT2D eigenvalue weighted by Crippen LogP contribution is 2.47. The van der Waals surface area contributed by atoms with Crippen molar-refractivity contribution in [3.8, 4) is 61.6 Å². The summed E-state index contributed by atoms with van der Waals surface area (Å²) in [6, 6.07) is 144. The number of fused-ring (bicyclic) bond motifs is 7. The van der Waals surface area contributed by atoms with E-state index in [9.17, 15) is 0 Å². The second-order valence-corrected chi connectivity index (χ2v) is 26.2. The quantitative estimate of drug-likeness (QED) is 0.0695. The van der Waals surface area contributed by atoms with Gasteiger partial charge >= 0.3 is 0 Å². The lowest BCUT2D eigenvalue weighted by Crippen LogP contribution is -2.10. The largest absolute Gasteiger partial charge is 0.344 e. The van der Waals surface area contributed by atoms with Crippen LogP contribution < -0.4 is 9.80 Å². The average molecular weight is 1340 g/mol. The first-order valence-electron chi connectivity index (χ1n) is 35.1. The van der Waals surface area contributed by atoms with Crippen LogP contribution in [0.3, 0.4) is 0 Å². The summed E-state index contributed by atoms with van der Waals surface area (Å²) in [7, 11) is 6.97. The Balaban J connectivity index is 0.000000151. The minimum atomic E-state index is 0.933. The van der Waals surface area contributed by atoms with Crippen molar-refractivity contribution in [2.75, 3.05) is 9.80 Å². The Labute approximate surface area is 608 Å². The predicted octanol–water partition coefficient (Wildman–Crippen LogP) is 27.3. The lowest BCUT2D eigenvalue weighted by Gasteiger charge is -2.27. The fraction of sp³-hybridized carbons (Fsp3) is 0. The third-order valence-corrected chi connectivity index (χ3v) is 19.8. The van der Waals surface area contributed by atoms with E-state index in [-0.39, 0.29) is 0 Å². The summed E-state index contributed by atoms with van der Waals surface area (Å²) in [4.78, 5) is 9.81. The third kappa shape index (κ3) is 12.5. The van der Waals surface area contributed by atoms with Crippen molar-refractivity contribution in [1.29, 1.82) is 0 Å². The van der Waals surface area contributed by atoms with Crippen molar-refractivity contribution in [2.24, 2.45) is 4.66 Å². The number of para-hydroxylation sites is 5. The highest BCUT2D eigenvalue weighted by molar-refractivity contribution is 7.05. The van der Waals surface area contributed by atoms with Crippen molar-refractivity contribution in [2.45, 2.75) is 0 Å². The molecule has 18 aromatic carbocycles. The molecule has 0 atom stereocenters. The molecule has 2 radical (unpaired) electrons. The molecule has 0 aliphatic carbocycles.